The lowest BCUT2D eigenvalue weighted by Gasteiger charge is -2.16. The van der Waals surface area contributed by atoms with Gasteiger partial charge in [-0.05, 0) is 0 Å². The molecule has 1 aliphatic heterocycles. The lowest BCUT2D eigenvalue weighted by atomic mass is 9.98. The normalized spacial score (nSPS) is 28.2. The molecule has 1 rings (SSSR count). The maximum Gasteiger partial charge on any atom is 0.143 e. The van der Waals surface area contributed by atoms with Gasteiger partial charge in [0.05, 0.1) is 26.4 Å². The molecule has 0 amide bonds. The molecule has 0 unspecified atom stereocenters. The zero-order valence-electron chi connectivity index (χ0n) is 7.52. The van der Waals surface area contributed by atoms with Crippen molar-refractivity contribution in [2.45, 2.75) is 0 Å². The summed E-state index contributed by atoms with van der Waals surface area (Å²) in [6, 6.07) is 0. The van der Waals surface area contributed by atoms with Gasteiger partial charge in [-0.2, -0.15) is 0 Å². The fraction of sp³-hybridized carbons (Fsp3) is 1.00. The monoisotopic (exact) mass is 192 g/mol. The van der Waals surface area contributed by atoms with Gasteiger partial charge in [0.2, 0.25) is 0 Å². The van der Waals surface area contributed by atoms with Crippen molar-refractivity contribution >= 4 is 0 Å². The zero-order valence-corrected chi connectivity index (χ0v) is 7.52. The Kier molecular flexibility index (Phi) is 5.26. The second-order valence-electron chi connectivity index (χ2n) is 3.06. The van der Waals surface area contributed by atoms with E-state index in [2.05, 4.69) is 0 Å². The topological polar surface area (TPSA) is 68.2 Å². The first-order valence-corrected chi connectivity index (χ1v) is 4.33. The third-order valence-electron chi connectivity index (χ3n) is 2.18. The Morgan fingerprint density at radius 1 is 1.00 bits per heavy atom. The molecule has 1 fully saturated rings. The summed E-state index contributed by atoms with van der Waals surface area (Å²) in [4.78, 5) is 0. The number of hydrogen-bond donors (Lipinski definition) is 2. The number of hydrogen-bond acceptors (Lipinski definition) is 5. The molecule has 0 aromatic carbocycles. The fourth-order valence-electron chi connectivity index (χ4n) is 1.42. The van der Waals surface area contributed by atoms with Crippen molar-refractivity contribution in [2.24, 2.45) is 11.8 Å². The van der Waals surface area contributed by atoms with E-state index in [0.29, 0.717) is 26.4 Å². The van der Waals surface area contributed by atoms with Gasteiger partial charge in [0.25, 0.3) is 0 Å². The van der Waals surface area contributed by atoms with Gasteiger partial charge in [0.15, 0.2) is 0 Å². The van der Waals surface area contributed by atoms with Gasteiger partial charge < -0.3 is 24.4 Å². The standard InChI is InChI=1S/C8H16O5/c9-5-12-3-7-1-11-2-8(7)4-13-6-10/h7-10H,1-6H2/t7-,8-/m0/s1. The Labute approximate surface area is 77.2 Å². The minimum absolute atomic E-state index is 0.260. The van der Waals surface area contributed by atoms with Crippen LogP contribution < -0.4 is 0 Å². The third-order valence-corrected chi connectivity index (χ3v) is 2.18. The number of aliphatic hydroxyl groups is 2. The SMILES string of the molecule is OCOC[C@@H]1COC[C@H]1COCO. The van der Waals surface area contributed by atoms with Crippen LogP contribution in [0.4, 0.5) is 0 Å². The minimum Gasteiger partial charge on any atom is -0.381 e. The maximum absolute atomic E-state index is 8.45. The number of rotatable bonds is 6. The molecular formula is C8H16O5. The summed E-state index contributed by atoms with van der Waals surface area (Å²) < 4.78 is 15.0. The summed E-state index contributed by atoms with van der Waals surface area (Å²) in [5.41, 5.74) is 0. The van der Waals surface area contributed by atoms with Crippen LogP contribution in [-0.2, 0) is 14.2 Å². The molecule has 0 bridgehead atoms. The number of ether oxygens (including phenoxy) is 3. The molecule has 13 heavy (non-hydrogen) atoms. The van der Waals surface area contributed by atoms with Crippen molar-refractivity contribution in [3.05, 3.63) is 0 Å². The van der Waals surface area contributed by atoms with Crippen LogP contribution >= 0.6 is 0 Å². The summed E-state index contributed by atoms with van der Waals surface area (Å²) in [6.45, 7) is 1.72. The molecular weight excluding hydrogens is 176 g/mol. The molecule has 2 N–H and O–H groups in total. The highest BCUT2D eigenvalue weighted by Crippen LogP contribution is 2.21. The molecule has 78 valence electrons. The van der Waals surface area contributed by atoms with E-state index in [4.69, 9.17) is 24.4 Å². The van der Waals surface area contributed by atoms with Gasteiger partial charge in [-0.25, -0.2) is 0 Å². The molecule has 0 saturated carbocycles. The molecule has 1 saturated heterocycles. The van der Waals surface area contributed by atoms with Gasteiger partial charge >= 0.3 is 0 Å². The molecule has 0 spiro atoms. The Morgan fingerprint density at radius 3 is 1.85 bits per heavy atom. The molecule has 0 aliphatic carbocycles. The van der Waals surface area contributed by atoms with E-state index in [-0.39, 0.29) is 25.4 Å². The van der Waals surface area contributed by atoms with Crippen molar-refractivity contribution in [2.75, 3.05) is 40.0 Å². The van der Waals surface area contributed by atoms with Crippen LogP contribution in [0.5, 0.6) is 0 Å². The summed E-state index contributed by atoms with van der Waals surface area (Å²) >= 11 is 0. The molecule has 5 nitrogen and oxygen atoms in total. The Balaban J connectivity index is 2.18. The first-order valence-electron chi connectivity index (χ1n) is 4.33. The van der Waals surface area contributed by atoms with E-state index in [1.54, 1.807) is 0 Å². The summed E-state index contributed by atoms with van der Waals surface area (Å²) in [7, 11) is 0. The first kappa shape index (κ1) is 10.9. The molecule has 5 heteroatoms. The number of aliphatic hydroxyl groups excluding tert-OH is 2. The van der Waals surface area contributed by atoms with Crippen LogP contribution in [0.25, 0.3) is 0 Å². The highest BCUT2D eigenvalue weighted by Gasteiger charge is 2.28. The summed E-state index contributed by atoms with van der Waals surface area (Å²) in [5.74, 6) is 0.525. The van der Waals surface area contributed by atoms with Gasteiger partial charge in [-0.15, -0.1) is 0 Å². The second-order valence-corrected chi connectivity index (χ2v) is 3.06. The lowest BCUT2D eigenvalue weighted by molar-refractivity contribution is -0.0451. The van der Waals surface area contributed by atoms with Crippen molar-refractivity contribution < 1.29 is 24.4 Å². The van der Waals surface area contributed by atoms with Gasteiger partial charge in [0, 0.05) is 11.8 Å². The smallest absolute Gasteiger partial charge is 0.143 e. The van der Waals surface area contributed by atoms with E-state index in [0.717, 1.165) is 0 Å². The summed E-state index contributed by atoms with van der Waals surface area (Å²) in [6.07, 6.45) is 0. The van der Waals surface area contributed by atoms with Crippen molar-refractivity contribution in [1.29, 1.82) is 0 Å². The van der Waals surface area contributed by atoms with E-state index in [1.165, 1.54) is 0 Å². The zero-order chi connectivity index (χ0) is 9.52. The van der Waals surface area contributed by atoms with Crippen molar-refractivity contribution in [3.8, 4) is 0 Å². The van der Waals surface area contributed by atoms with Crippen molar-refractivity contribution in [1.82, 2.24) is 0 Å². The quantitative estimate of drug-likeness (QED) is 0.538. The molecule has 1 aliphatic rings. The molecule has 0 aromatic heterocycles. The van der Waals surface area contributed by atoms with Gasteiger partial charge in [-0.1, -0.05) is 0 Å². The largest absolute Gasteiger partial charge is 0.381 e. The van der Waals surface area contributed by atoms with Crippen LogP contribution in [0, 0.1) is 11.8 Å². The molecule has 0 radical (unpaired) electrons. The summed E-state index contributed by atoms with van der Waals surface area (Å²) in [5, 5.41) is 16.9. The average molecular weight is 192 g/mol. The highest BCUT2D eigenvalue weighted by molar-refractivity contribution is 4.74. The van der Waals surface area contributed by atoms with E-state index in [1.807, 2.05) is 0 Å². The third kappa shape index (κ3) is 3.58. The van der Waals surface area contributed by atoms with Gasteiger partial charge in [0.1, 0.15) is 13.6 Å². The van der Waals surface area contributed by atoms with E-state index >= 15 is 0 Å². The van der Waals surface area contributed by atoms with Gasteiger partial charge in [-0.3, -0.25) is 0 Å². The highest BCUT2D eigenvalue weighted by atomic mass is 16.6. The Hall–Kier alpha value is -0.200. The second kappa shape index (κ2) is 6.28. The fourth-order valence-corrected chi connectivity index (χ4v) is 1.42. The molecule has 2 atom stereocenters. The van der Waals surface area contributed by atoms with Crippen LogP contribution in [0.1, 0.15) is 0 Å². The average Bonchev–Trinajstić information content (AvgIpc) is 2.59. The van der Waals surface area contributed by atoms with Crippen LogP contribution in [0.3, 0.4) is 0 Å². The van der Waals surface area contributed by atoms with Crippen LogP contribution in [-0.4, -0.2) is 50.2 Å². The first-order chi connectivity index (χ1) is 6.38. The van der Waals surface area contributed by atoms with E-state index < -0.39 is 0 Å². The Bertz CT molecular complexity index is 116. The minimum atomic E-state index is -0.260. The predicted molar refractivity (Wildman–Crippen MR) is 43.9 cm³/mol. The lowest BCUT2D eigenvalue weighted by Crippen LogP contribution is -2.23. The Morgan fingerprint density at radius 2 is 1.46 bits per heavy atom. The van der Waals surface area contributed by atoms with Crippen LogP contribution in [0.15, 0.2) is 0 Å². The van der Waals surface area contributed by atoms with Crippen molar-refractivity contribution in [3.63, 3.8) is 0 Å². The maximum atomic E-state index is 8.45. The van der Waals surface area contributed by atoms with Crippen LogP contribution in [0.2, 0.25) is 0 Å². The van der Waals surface area contributed by atoms with E-state index in [9.17, 15) is 0 Å². The molecule has 0 aromatic rings. The molecule has 1 heterocycles. The predicted octanol–water partition coefficient (Wildman–Crippen LogP) is -0.818.